The van der Waals surface area contributed by atoms with Crippen molar-refractivity contribution in [3.05, 3.63) is 60.2 Å². The summed E-state index contributed by atoms with van der Waals surface area (Å²) in [5.41, 5.74) is 0.301. The molecule has 2 aromatic rings. The van der Waals surface area contributed by atoms with Crippen molar-refractivity contribution in [1.29, 1.82) is 0 Å². The van der Waals surface area contributed by atoms with Crippen molar-refractivity contribution in [3.8, 4) is 11.5 Å². The lowest BCUT2D eigenvalue weighted by atomic mass is 10.2. The second-order valence-corrected chi connectivity index (χ2v) is 4.41. The molecule has 0 aliphatic rings. The van der Waals surface area contributed by atoms with Crippen molar-refractivity contribution in [2.75, 3.05) is 20.2 Å². The van der Waals surface area contributed by atoms with Crippen molar-refractivity contribution in [1.82, 2.24) is 4.90 Å². The van der Waals surface area contributed by atoms with E-state index < -0.39 is 0 Å². The molecular weight excluding hydrogens is 254 g/mol. The Morgan fingerprint density at radius 2 is 1.75 bits per heavy atom. The fourth-order valence-corrected chi connectivity index (χ4v) is 1.78. The Morgan fingerprint density at radius 3 is 2.45 bits per heavy atom. The molecule has 104 valence electrons. The number of benzene rings is 2. The van der Waals surface area contributed by atoms with E-state index in [1.807, 2.05) is 30.3 Å². The van der Waals surface area contributed by atoms with E-state index in [9.17, 15) is 9.90 Å². The standard InChI is InChI=1S/C16H17NO3/c1-17(11-12-20-13-7-3-2-4-8-13)16(19)14-9-5-6-10-15(14)18/h2-10,18H,11-12H2,1H3. The van der Waals surface area contributed by atoms with Crippen LogP contribution in [0.5, 0.6) is 11.5 Å². The number of hydrogen-bond acceptors (Lipinski definition) is 3. The van der Waals surface area contributed by atoms with Gasteiger partial charge in [-0.1, -0.05) is 30.3 Å². The van der Waals surface area contributed by atoms with E-state index in [2.05, 4.69) is 0 Å². The lowest BCUT2D eigenvalue weighted by Crippen LogP contribution is -2.30. The van der Waals surface area contributed by atoms with Crippen LogP contribution in [0.4, 0.5) is 0 Å². The average Bonchev–Trinajstić information content (AvgIpc) is 2.48. The number of likely N-dealkylation sites (N-methyl/N-ethyl adjacent to an activating group) is 1. The van der Waals surface area contributed by atoms with Gasteiger partial charge in [-0.25, -0.2) is 0 Å². The predicted molar refractivity (Wildman–Crippen MR) is 77.0 cm³/mol. The molecule has 1 N–H and O–H groups in total. The minimum atomic E-state index is -0.222. The van der Waals surface area contributed by atoms with E-state index in [-0.39, 0.29) is 11.7 Å². The molecule has 0 spiro atoms. The van der Waals surface area contributed by atoms with Gasteiger partial charge < -0.3 is 14.7 Å². The number of rotatable bonds is 5. The molecule has 0 fully saturated rings. The Labute approximate surface area is 118 Å². The predicted octanol–water partition coefficient (Wildman–Crippen LogP) is 2.54. The lowest BCUT2D eigenvalue weighted by Gasteiger charge is -2.18. The largest absolute Gasteiger partial charge is 0.507 e. The van der Waals surface area contributed by atoms with Gasteiger partial charge in [-0.05, 0) is 24.3 Å². The second kappa shape index (κ2) is 6.61. The molecule has 4 nitrogen and oxygen atoms in total. The number of carbonyl (C=O) groups is 1. The molecular formula is C16H17NO3. The van der Waals surface area contributed by atoms with Gasteiger partial charge in [0.05, 0.1) is 12.1 Å². The third-order valence-electron chi connectivity index (χ3n) is 2.92. The first-order chi connectivity index (χ1) is 9.68. The van der Waals surface area contributed by atoms with E-state index in [0.717, 1.165) is 5.75 Å². The summed E-state index contributed by atoms with van der Waals surface area (Å²) in [6.07, 6.45) is 0. The highest BCUT2D eigenvalue weighted by Gasteiger charge is 2.14. The van der Waals surface area contributed by atoms with Gasteiger partial charge >= 0.3 is 0 Å². The number of nitrogens with zero attached hydrogens (tertiary/aromatic N) is 1. The fraction of sp³-hybridized carbons (Fsp3) is 0.188. The Balaban J connectivity index is 1.87. The molecule has 4 heteroatoms. The summed E-state index contributed by atoms with van der Waals surface area (Å²) in [5, 5.41) is 9.65. The van der Waals surface area contributed by atoms with E-state index in [0.29, 0.717) is 18.7 Å². The summed E-state index contributed by atoms with van der Waals surface area (Å²) < 4.78 is 5.54. The van der Waals surface area contributed by atoms with E-state index in [4.69, 9.17) is 4.74 Å². The minimum absolute atomic E-state index is 0.00618. The van der Waals surface area contributed by atoms with Crippen molar-refractivity contribution in [2.45, 2.75) is 0 Å². The number of para-hydroxylation sites is 2. The maximum Gasteiger partial charge on any atom is 0.257 e. The topological polar surface area (TPSA) is 49.8 Å². The third kappa shape index (κ3) is 3.51. The first-order valence-electron chi connectivity index (χ1n) is 6.40. The molecule has 0 heterocycles. The van der Waals surface area contributed by atoms with Gasteiger partial charge in [0.15, 0.2) is 0 Å². The summed E-state index contributed by atoms with van der Waals surface area (Å²) in [4.78, 5) is 13.6. The van der Waals surface area contributed by atoms with Crippen LogP contribution in [-0.4, -0.2) is 36.1 Å². The maximum atomic E-state index is 12.1. The van der Waals surface area contributed by atoms with Crippen LogP contribution in [0.2, 0.25) is 0 Å². The van der Waals surface area contributed by atoms with E-state index in [1.54, 1.807) is 25.2 Å². The molecule has 0 radical (unpaired) electrons. The van der Waals surface area contributed by atoms with Gasteiger partial charge in [0, 0.05) is 7.05 Å². The highest BCUT2D eigenvalue weighted by atomic mass is 16.5. The zero-order valence-corrected chi connectivity index (χ0v) is 11.3. The number of ether oxygens (including phenoxy) is 1. The van der Waals surface area contributed by atoms with Gasteiger partial charge in [-0.15, -0.1) is 0 Å². The molecule has 0 bridgehead atoms. The molecule has 0 atom stereocenters. The van der Waals surface area contributed by atoms with Crippen LogP contribution in [0.15, 0.2) is 54.6 Å². The van der Waals surface area contributed by atoms with Gasteiger partial charge in [-0.3, -0.25) is 4.79 Å². The number of phenols is 1. The summed E-state index contributed by atoms with van der Waals surface area (Å²) in [7, 11) is 1.68. The fourth-order valence-electron chi connectivity index (χ4n) is 1.78. The molecule has 0 saturated carbocycles. The van der Waals surface area contributed by atoms with Gasteiger partial charge in [0.2, 0.25) is 0 Å². The summed E-state index contributed by atoms with van der Waals surface area (Å²) in [6.45, 7) is 0.849. The minimum Gasteiger partial charge on any atom is -0.507 e. The number of aromatic hydroxyl groups is 1. The summed E-state index contributed by atoms with van der Waals surface area (Å²) in [6, 6.07) is 16.0. The van der Waals surface area contributed by atoms with Crippen molar-refractivity contribution >= 4 is 5.91 Å². The molecule has 0 saturated heterocycles. The van der Waals surface area contributed by atoms with Crippen molar-refractivity contribution in [3.63, 3.8) is 0 Å². The monoisotopic (exact) mass is 271 g/mol. The number of amides is 1. The van der Waals surface area contributed by atoms with Crippen molar-refractivity contribution < 1.29 is 14.6 Å². The van der Waals surface area contributed by atoms with Crippen LogP contribution in [-0.2, 0) is 0 Å². The first kappa shape index (κ1) is 13.9. The van der Waals surface area contributed by atoms with Crippen LogP contribution >= 0.6 is 0 Å². The van der Waals surface area contributed by atoms with Gasteiger partial charge in [-0.2, -0.15) is 0 Å². The molecule has 20 heavy (non-hydrogen) atoms. The number of hydrogen-bond donors (Lipinski definition) is 1. The zero-order chi connectivity index (χ0) is 14.4. The molecule has 0 aliphatic carbocycles. The quantitative estimate of drug-likeness (QED) is 0.909. The summed E-state index contributed by atoms with van der Waals surface area (Å²) >= 11 is 0. The number of carbonyl (C=O) groups excluding carboxylic acids is 1. The van der Waals surface area contributed by atoms with Crippen LogP contribution in [0.1, 0.15) is 10.4 Å². The Morgan fingerprint density at radius 1 is 1.10 bits per heavy atom. The summed E-state index contributed by atoms with van der Waals surface area (Å²) in [5.74, 6) is 0.545. The third-order valence-corrected chi connectivity index (χ3v) is 2.92. The molecule has 0 unspecified atom stereocenters. The molecule has 0 aliphatic heterocycles. The first-order valence-corrected chi connectivity index (χ1v) is 6.40. The van der Waals surface area contributed by atoms with E-state index in [1.165, 1.54) is 11.0 Å². The van der Waals surface area contributed by atoms with Crippen molar-refractivity contribution in [2.24, 2.45) is 0 Å². The molecule has 1 amide bonds. The van der Waals surface area contributed by atoms with Gasteiger partial charge in [0.25, 0.3) is 5.91 Å². The Hall–Kier alpha value is -2.49. The highest BCUT2D eigenvalue weighted by molar-refractivity contribution is 5.96. The van der Waals surface area contributed by atoms with Crippen LogP contribution in [0.3, 0.4) is 0 Å². The smallest absolute Gasteiger partial charge is 0.257 e. The van der Waals surface area contributed by atoms with Crippen LogP contribution in [0.25, 0.3) is 0 Å². The SMILES string of the molecule is CN(CCOc1ccccc1)C(=O)c1ccccc1O. The lowest BCUT2D eigenvalue weighted by molar-refractivity contribution is 0.0771. The van der Waals surface area contributed by atoms with Crippen LogP contribution in [0, 0.1) is 0 Å². The maximum absolute atomic E-state index is 12.1. The molecule has 2 rings (SSSR count). The number of phenolic OH excluding ortho intramolecular Hbond substituents is 1. The van der Waals surface area contributed by atoms with Gasteiger partial charge in [0.1, 0.15) is 18.1 Å². The second-order valence-electron chi connectivity index (χ2n) is 4.41. The van der Waals surface area contributed by atoms with Crippen LogP contribution < -0.4 is 4.74 Å². The zero-order valence-electron chi connectivity index (χ0n) is 11.3. The Kier molecular flexibility index (Phi) is 4.60. The average molecular weight is 271 g/mol. The highest BCUT2D eigenvalue weighted by Crippen LogP contribution is 2.17. The van der Waals surface area contributed by atoms with E-state index >= 15 is 0 Å². The molecule has 0 aromatic heterocycles. The normalized spacial score (nSPS) is 10.1. The Bertz CT molecular complexity index is 569. The molecule has 2 aromatic carbocycles.